The van der Waals surface area contributed by atoms with E-state index in [1.54, 1.807) is 47.2 Å². The number of phenolic OH excluding ortho intramolecular Hbond substituents is 1. The van der Waals surface area contributed by atoms with Gasteiger partial charge in [0.25, 0.3) is 0 Å². The monoisotopic (exact) mass is 319 g/mol. The Balaban J connectivity index is 1.94. The van der Waals surface area contributed by atoms with Crippen molar-refractivity contribution in [2.24, 2.45) is 0 Å². The second kappa shape index (κ2) is 5.77. The van der Waals surface area contributed by atoms with E-state index in [-0.39, 0.29) is 11.6 Å². The summed E-state index contributed by atoms with van der Waals surface area (Å²) in [5.41, 5.74) is 2.40. The fourth-order valence-electron chi connectivity index (χ4n) is 2.79. The number of hydrogen-bond donors (Lipinski definition) is 1. The van der Waals surface area contributed by atoms with Crippen LogP contribution in [0.5, 0.6) is 5.75 Å². The van der Waals surface area contributed by atoms with Crippen LogP contribution in [0.15, 0.2) is 66.9 Å². The smallest absolute Gasteiger partial charge is 0.164 e. The zero-order valence-electron chi connectivity index (χ0n) is 12.7. The Kier molecular flexibility index (Phi) is 3.46. The van der Waals surface area contributed by atoms with Crippen molar-refractivity contribution in [3.05, 3.63) is 84.1 Å². The number of para-hydroxylation sites is 2. The van der Waals surface area contributed by atoms with E-state index in [0.29, 0.717) is 29.1 Å². The predicted octanol–water partition coefficient (Wildman–Crippen LogP) is 3.86. The Morgan fingerprint density at radius 2 is 1.75 bits per heavy atom. The number of phenols is 1. The van der Waals surface area contributed by atoms with E-state index in [2.05, 4.69) is 9.97 Å². The number of hydrogen-bond acceptors (Lipinski definition) is 3. The van der Waals surface area contributed by atoms with Crippen LogP contribution in [0.4, 0.5) is 4.39 Å². The van der Waals surface area contributed by atoms with Crippen LogP contribution < -0.4 is 0 Å². The topological polar surface area (TPSA) is 50.9 Å². The number of rotatable bonds is 3. The van der Waals surface area contributed by atoms with Gasteiger partial charge in [0.15, 0.2) is 5.65 Å². The van der Waals surface area contributed by atoms with E-state index in [0.717, 1.165) is 5.56 Å². The second-order valence-electron chi connectivity index (χ2n) is 5.47. The van der Waals surface area contributed by atoms with Crippen molar-refractivity contribution in [3.8, 4) is 11.4 Å². The molecule has 0 atom stereocenters. The van der Waals surface area contributed by atoms with Gasteiger partial charge in [0, 0.05) is 18.2 Å². The van der Waals surface area contributed by atoms with Gasteiger partial charge in [0.1, 0.15) is 22.9 Å². The number of pyridine rings is 1. The normalized spacial score (nSPS) is 11.0. The molecule has 2 aromatic heterocycles. The van der Waals surface area contributed by atoms with Gasteiger partial charge in [-0.1, -0.05) is 30.3 Å². The summed E-state index contributed by atoms with van der Waals surface area (Å²) in [5, 5.41) is 10.0. The lowest BCUT2D eigenvalue weighted by Crippen LogP contribution is -2.05. The number of benzene rings is 2. The number of fused-ring (bicyclic) bond motifs is 1. The highest BCUT2D eigenvalue weighted by atomic mass is 19.1. The van der Waals surface area contributed by atoms with Gasteiger partial charge < -0.3 is 5.11 Å². The Morgan fingerprint density at radius 3 is 2.58 bits per heavy atom. The summed E-state index contributed by atoms with van der Waals surface area (Å²) in [4.78, 5) is 8.94. The van der Waals surface area contributed by atoms with Crippen LogP contribution in [-0.4, -0.2) is 19.6 Å². The zero-order chi connectivity index (χ0) is 16.5. The highest BCUT2D eigenvalue weighted by molar-refractivity contribution is 5.74. The maximum atomic E-state index is 14.4. The summed E-state index contributed by atoms with van der Waals surface area (Å²) >= 11 is 0. The maximum absolute atomic E-state index is 14.4. The quantitative estimate of drug-likeness (QED) is 0.624. The van der Waals surface area contributed by atoms with Gasteiger partial charge in [-0.05, 0) is 30.3 Å². The van der Waals surface area contributed by atoms with Gasteiger partial charge in [-0.2, -0.15) is 0 Å². The molecule has 2 heterocycles. The van der Waals surface area contributed by atoms with Gasteiger partial charge in [-0.25, -0.2) is 14.4 Å². The van der Waals surface area contributed by atoms with E-state index >= 15 is 0 Å². The van der Waals surface area contributed by atoms with Gasteiger partial charge in [-0.3, -0.25) is 4.57 Å². The first-order valence-electron chi connectivity index (χ1n) is 7.58. The molecular formula is C19H14FN3O. The number of aromatic nitrogens is 3. The SMILES string of the molecule is Oc1ccccc1Cc1nc2cccnc2n1-c1ccccc1F. The molecule has 2 aromatic carbocycles. The molecule has 0 radical (unpaired) electrons. The van der Waals surface area contributed by atoms with Crippen LogP contribution in [0.1, 0.15) is 11.4 Å². The number of imidazole rings is 1. The van der Waals surface area contributed by atoms with E-state index in [1.807, 2.05) is 18.2 Å². The van der Waals surface area contributed by atoms with Crippen LogP contribution in [0.25, 0.3) is 16.9 Å². The number of nitrogens with zero attached hydrogens (tertiary/aromatic N) is 3. The third-order valence-electron chi connectivity index (χ3n) is 3.92. The van der Waals surface area contributed by atoms with Crippen molar-refractivity contribution in [3.63, 3.8) is 0 Å². The molecule has 4 aromatic rings. The average molecular weight is 319 g/mol. The van der Waals surface area contributed by atoms with Crippen LogP contribution in [0.2, 0.25) is 0 Å². The first-order chi connectivity index (χ1) is 11.7. The highest BCUT2D eigenvalue weighted by Crippen LogP contribution is 2.26. The fraction of sp³-hybridized carbons (Fsp3) is 0.0526. The van der Waals surface area contributed by atoms with Crippen molar-refractivity contribution >= 4 is 11.2 Å². The molecule has 0 aliphatic carbocycles. The summed E-state index contributed by atoms with van der Waals surface area (Å²) in [6.45, 7) is 0. The molecule has 0 saturated heterocycles. The summed E-state index contributed by atoms with van der Waals surface area (Å²) in [7, 11) is 0. The lowest BCUT2D eigenvalue weighted by molar-refractivity contribution is 0.469. The standard InChI is InChI=1S/C19H14FN3O/c20-14-7-2-3-9-16(14)23-18(12-13-6-1-4-10-17(13)24)22-15-8-5-11-21-19(15)23/h1-11,24H,12H2. The molecule has 0 fully saturated rings. The molecule has 0 aliphatic rings. The minimum atomic E-state index is -0.346. The third-order valence-corrected chi connectivity index (χ3v) is 3.92. The largest absolute Gasteiger partial charge is 0.508 e. The van der Waals surface area contributed by atoms with Gasteiger partial charge in [0.05, 0.1) is 5.69 Å². The lowest BCUT2D eigenvalue weighted by Gasteiger charge is -2.10. The van der Waals surface area contributed by atoms with Gasteiger partial charge >= 0.3 is 0 Å². The van der Waals surface area contributed by atoms with Crippen LogP contribution in [0, 0.1) is 5.82 Å². The molecule has 5 heteroatoms. The molecule has 4 rings (SSSR count). The first-order valence-corrected chi connectivity index (χ1v) is 7.58. The van der Waals surface area contributed by atoms with Crippen LogP contribution in [-0.2, 0) is 6.42 Å². The average Bonchev–Trinajstić information content (AvgIpc) is 2.95. The summed E-state index contributed by atoms with van der Waals surface area (Å²) < 4.78 is 16.1. The molecule has 0 saturated carbocycles. The first kappa shape index (κ1) is 14.4. The Morgan fingerprint density at radius 1 is 0.958 bits per heavy atom. The minimum absolute atomic E-state index is 0.192. The fourth-order valence-corrected chi connectivity index (χ4v) is 2.79. The number of aromatic hydroxyl groups is 1. The second-order valence-corrected chi connectivity index (χ2v) is 5.47. The van der Waals surface area contributed by atoms with Gasteiger partial charge in [0.2, 0.25) is 0 Å². The molecule has 0 amide bonds. The molecule has 118 valence electrons. The van der Waals surface area contributed by atoms with Crippen molar-refractivity contribution < 1.29 is 9.50 Å². The molecule has 0 aliphatic heterocycles. The molecular weight excluding hydrogens is 305 g/mol. The maximum Gasteiger partial charge on any atom is 0.164 e. The molecule has 24 heavy (non-hydrogen) atoms. The molecule has 0 spiro atoms. The molecule has 0 unspecified atom stereocenters. The van der Waals surface area contributed by atoms with E-state index < -0.39 is 0 Å². The van der Waals surface area contributed by atoms with Crippen molar-refractivity contribution in [1.82, 2.24) is 14.5 Å². The Hall–Kier alpha value is -3.21. The number of halogens is 1. The van der Waals surface area contributed by atoms with E-state index in [9.17, 15) is 9.50 Å². The molecule has 4 nitrogen and oxygen atoms in total. The van der Waals surface area contributed by atoms with Crippen molar-refractivity contribution in [1.29, 1.82) is 0 Å². The lowest BCUT2D eigenvalue weighted by atomic mass is 10.1. The third kappa shape index (κ3) is 2.40. The molecule has 0 bridgehead atoms. The van der Waals surface area contributed by atoms with Crippen molar-refractivity contribution in [2.75, 3.05) is 0 Å². The summed E-state index contributed by atoms with van der Waals surface area (Å²) in [6, 6.07) is 17.2. The zero-order valence-corrected chi connectivity index (χ0v) is 12.7. The van der Waals surface area contributed by atoms with Crippen molar-refractivity contribution in [2.45, 2.75) is 6.42 Å². The van der Waals surface area contributed by atoms with E-state index in [4.69, 9.17) is 0 Å². The minimum Gasteiger partial charge on any atom is -0.508 e. The Bertz CT molecular complexity index is 1030. The van der Waals surface area contributed by atoms with Crippen LogP contribution >= 0.6 is 0 Å². The highest BCUT2D eigenvalue weighted by Gasteiger charge is 2.17. The Labute approximate surface area is 137 Å². The predicted molar refractivity (Wildman–Crippen MR) is 89.7 cm³/mol. The van der Waals surface area contributed by atoms with Crippen LogP contribution in [0.3, 0.4) is 0 Å². The van der Waals surface area contributed by atoms with E-state index in [1.165, 1.54) is 6.07 Å². The summed E-state index contributed by atoms with van der Waals surface area (Å²) in [6.07, 6.45) is 2.03. The van der Waals surface area contributed by atoms with Gasteiger partial charge in [-0.15, -0.1) is 0 Å². The molecule has 1 N–H and O–H groups in total. The summed E-state index contributed by atoms with van der Waals surface area (Å²) in [5.74, 6) is 0.467.